The quantitative estimate of drug-likeness (QED) is 0.752. The maximum absolute atomic E-state index is 12.4. The van der Waals surface area contributed by atoms with Crippen molar-refractivity contribution in [3.8, 4) is 11.3 Å². The number of aromatic carboxylic acids is 1. The van der Waals surface area contributed by atoms with Gasteiger partial charge in [-0.25, -0.2) is 4.79 Å². The predicted octanol–water partition coefficient (Wildman–Crippen LogP) is 3.70. The molecule has 1 N–H and O–H groups in total. The van der Waals surface area contributed by atoms with Gasteiger partial charge in [0.25, 0.3) is 0 Å². The normalized spacial score (nSPS) is 23.9. The van der Waals surface area contributed by atoms with E-state index in [-0.39, 0.29) is 29.0 Å². The molecule has 2 aromatic rings. The topological polar surface area (TPSA) is 77.8 Å². The van der Waals surface area contributed by atoms with E-state index in [0.29, 0.717) is 13.2 Å². The van der Waals surface area contributed by atoms with Crippen molar-refractivity contribution >= 4 is 5.97 Å². The van der Waals surface area contributed by atoms with Crippen LogP contribution in [0.15, 0.2) is 41.3 Å². The number of nitrogens with zero attached hydrogens (tertiary/aromatic N) is 1. The van der Waals surface area contributed by atoms with E-state index >= 15 is 0 Å². The summed E-state index contributed by atoms with van der Waals surface area (Å²) in [5.74, 6) is -1.09. The minimum absolute atomic E-state index is 0.0125. The Morgan fingerprint density at radius 2 is 2.03 bits per heavy atom. The molecule has 1 aromatic carbocycles. The van der Waals surface area contributed by atoms with Crippen LogP contribution in [-0.2, 0) is 9.47 Å². The number of carboxylic acid groups (broad SMARTS) is 1. The molecule has 2 heterocycles. The van der Waals surface area contributed by atoms with Crippen molar-refractivity contribution in [3.05, 3.63) is 57.9 Å². The first-order valence-corrected chi connectivity index (χ1v) is 10.0. The average Bonchev–Trinajstić information content (AvgIpc) is 2.96. The molecule has 3 atom stereocenters. The molecule has 1 saturated carbocycles. The van der Waals surface area contributed by atoms with Crippen LogP contribution in [0.1, 0.15) is 54.6 Å². The van der Waals surface area contributed by atoms with Crippen molar-refractivity contribution in [2.24, 2.45) is 5.41 Å². The lowest BCUT2D eigenvalue weighted by Crippen LogP contribution is -2.33. The molecule has 0 amide bonds. The first-order valence-electron chi connectivity index (χ1n) is 10.0. The Hall–Kier alpha value is -2.44. The molecule has 2 aliphatic rings. The predicted molar refractivity (Wildman–Crippen MR) is 110 cm³/mol. The highest BCUT2D eigenvalue weighted by Crippen LogP contribution is 2.59. The molecule has 6 heteroatoms. The second-order valence-corrected chi connectivity index (χ2v) is 8.66. The van der Waals surface area contributed by atoms with Gasteiger partial charge in [0.15, 0.2) is 5.43 Å². The van der Waals surface area contributed by atoms with Gasteiger partial charge >= 0.3 is 5.97 Å². The Morgan fingerprint density at radius 1 is 1.28 bits per heavy atom. The summed E-state index contributed by atoms with van der Waals surface area (Å²) >= 11 is 0. The molecule has 1 fully saturated rings. The summed E-state index contributed by atoms with van der Waals surface area (Å²) in [6.45, 7) is 5.67. The highest BCUT2D eigenvalue weighted by Gasteiger charge is 2.53. The maximum atomic E-state index is 12.4. The smallest absolute Gasteiger partial charge is 0.341 e. The summed E-state index contributed by atoms with van der Waals surface area (Å²) in [5.41, 5.74) is 2.16. The van der Waals surface area contributed by atoms with Crippen molar-refractivity contribution in [3.63, 3.8) is 0 Å². The third kappa shape index (κ3) is 3.30. The average molecular weight is 397 g/mol. The van der Waals surface area contributed by atoms with E-state index in [1.807, 2.05) is 22.8 Å². The number of hydrogen-bond donors (Lipinski definition) is 1. The molecule has 1 aromatic heterocycles. The van der Waals surface area contributed by atoms with Crippen molar-refractivity contribution in [1.82, 2.24) is 4.57 Å². The van der Waals surface area contributed by atoms with Gasteiger partial charge < -0.3 is 19.1 Å². The Morgan fingerprint density at radius 3 is 2.76 bits per heavy atom. The third-order valence-corrected chi connectivity index (χ3v) is 6.30. The molecule has 6 nitrogen and oxygen atoms in total. The van der Waals surface area contributed by atoms with Crippen molar-refractivity contribution in [2.45, 2.75) is 44.8 Å². The minimum Gasteiger partial charge on any atom is -0.477 e. The molecule has 3 unspecified atom stereocenters. The second kappa shape index (κ2) is 7.43. The fourth-order valence-electron chi connectivity index (χ4n) is 5.15. The highest BCUT2D eigenvalue weighted by molar-refractivity contribution is 5.87. The van der Waals surface area contributed by atoms with Crippen LogP contribution in [-0.4, -0.2) is 42.1 Å². The highest BCUT2D eigenvalue weighted by atomic mass is 16.5. The fourth-order valence-corrected chi connectivity index (χ4v) is 5.15. The van der Waals surface area contributed by atoms with Gasteiger partial charge in [-0.15, -0.1) is 0 Å². The molecule has 154 valence electrons. The molecular formula is C23H27NO5. The molecule has 1 aliphatic carbocycles. The largest absolute Gasteiger partial charge is 0.477 e. The molecule has 0 saturated heterocycles. The van der Waals surface area contributed by atoms with Gasteiger partial charge in [0, 0.05) is 50.1 Å². The van der Waals surface area contributed by atoms with Crippen molar-refractivity contribution in [2.75, 3.05) is 20.3 Å². The second-order valence-electron chi connectivity index (χ2n) is 8.66. The summed E-state index contributed by atoms with van der Waals surface area (Å²) in [7, 11) is 1.68. The molecule has 0 spiro atoms. The zero-order valence-electron chi connectivity index (χ0n) is 17.1. The number of rotatable bonds is 6. The Balaban J connectivity index is 1.84. The Labute approximate surface area is 170 Å². The lowest BCUT2D eigenvalue weighted by atomic mass is 9.77. The summed E-state index contributed by atoms with van der Waals surface area (Å²) < 4.78 is 13.5. The van der Waals surface area contributed by atoms with Crippen LogP contribution in [0.3, 0.4) is 0 Å². The van der Waals surface area contributed by atoms with E-state index in [1.165, 1.54) is 17.8 Å². The van der Waals surface area contributed by atoms with Gasteiger partial charge in [0.2, 0.25) is 0 Å². The Bertz CT molecular complexity index is 993. The number of methoxy groups -OCH3 is 1. The van der Waals surface area contributed by atoms with Gasteiger partial charge in [-0.2, -0.15) is 0 Å². The standard InChI is InChI=1S/C23H27NO5/c1-23(2)12-19(29-10-6-9-28-3)20-15-8-5-4-7-14(15)17-11-18(25)16(22(26)27)13-24(17)21(20)23/h4-5,7-8,11,13,19-21H,6,9-10,12H2,1-3H3,(H,26,27). The van der Waals surface area contributed by atoms with Gasteiger partial charge in [-0.05, 0) is 23.8 Å². The summed E-state index contributed by atoms with van der Waals surface area (Å²) in [6, 6.07) is 9.57. The van der Waals surface area contributed by atoms with Crippen LogP contribution in [0.2, 0.25) is 0 Å². The van der Waals surface area contributed by atoms with E-state index in [2.05, 4.69) is 19.9 Å². The third-order valence-electron chi connectivity index (χ3n) is 6.30. The van der Waals surface area contributed by atoms with Crippen LogP contribution < -0.4 is 5.43 Å². The lowest BCUT2D eigenvalue weighted by molar-refractivity contribution is 0.0280. The number of fused-ring (bicyclic) bond motifs is 6. The number of hydrogen-bond acceptors (Lipinski definition) is 4. The van der Waals surface area contributed by atoms with Gasteiger partial charge in [0.05, 0.1) is 11.8 Å². The van der Waals surface area contributed by atoms with Gasteiger partial charge in [-0.3, -0.25) is 4.79 Å². The van der Waals surface area contributed by atoms with Crippen molar-refractivity contribution < 1.29 is 19.4 Å². The van der Waals surface area contributed by atoms with Crippen LogP contribution in [0.4, 0.5) is 0 Å². The number of carbonyl (C=O) groups is 1. The van der Waals surface area contributed by atoms with Gasteiger partial charge in [-0.1, -0.05) is 38.1 Å². The SMILES string of the molecule is COCCCOC1CC(C)(C)C2C1c1ccccc1-c1cc(=O)c(C(=O)O)cn12. The number of aromatic nitrogens is 1. The number of benzene rings is 1. The molecular weight excluding hydrogens is 370 g/mol. The summed E-state index contributed by atoms with van der Waals surface area (Å²) in [5, 5.41) is 9.50. The summed E-state index contributed by atoms with van der Waals surface area (Å²) in [6.07, 6.45) is 3.24. The maximum Gasteiger partial charge on any atom is 0.341 e. The zero-order valence-corrected chi connectivity index (χ0v) is 17.1. The monoisotopic (exact) mass is 397 g/mol. The molecule has 0 bridgehead atoms. The number of carboxylic acids is 1. The van der Waals surface area contributed by atoms with E-state index < -0.39 is 11.4 Å². The molecule has 0 radical (unpaired) electrons. The zero-order chi connectivity index (χ0) is 20.8. The van der Waals surface area contributed by atoms with Crippen molar-refractivity contribution in [1.29, 1.82) is 0 Å². The van der Waals surface area contributed by atoms with Crippen LogP contribution in [0.5, 0.6) is 0 Å². The van der Waals surface area contributed by atoms with E-state index in [9.17, 15) is 14.7 Å². The fraction of sp³-hybridized carbons (Fsp3) is 0.478. The van der Waals surface area contributed by atoms with E-state index in [4.69, 9.17) is 9.47 Å². The van der Waals surface area contributed by atoms with Gasteiger partial charge in [0.1, 0.15) is 5.56 Å². The molecule has 1 aliphatic heterocycles. The first kappa shape index (κ1) is 19.9. The molecule has 29 heavy (non-hydrogen) atoms. The first-order chi connectivity index (χ1) is 13.8. The van der Waals surface area contributed by atoms with Crippen LogP contribution in [0, 0.1) is 5.41 Å². The minimum atomic E-state index is -1.19. The molecule has 4 rings (SSSR count). The van der Waals surface area contributed by atoms with E-state index in [1.54, 1.807) is 7.11 Å². The summed E-state index contributed by atoms with van der Waals surface area (Å²) in [4.78, 5) is 24.1. The van der Waals surface area contributed by atoms with E-state index in [0.717, 1.165) is 24.1 Å². The van der Waals surface area contributed by atoms with Crippen LogP contribution >= 0.6 is 0 Å². The van der Waals surface area contributed by atoms with Crippen LogP contribution in [0.25, 0.3) is 11.3 Å². The lowest BCUT2D eigenvalue weighted by Gasteiger charge is -2.40. The number of pyridine rings is 1. The number of ether oxygens (including phenoxy) is 2. The Kier molecular flexibility index (Phi) is 5.09.